The van der Waals surface area contributed by atoms with Crippen LogP contribution in [0.4, 0.5) is 0 Å². The van der Waals surface area contributed by atoms with Gasteiger partial charge < -0.3 is 13.7 Å². The van der Waals surface area contributed by atoms with E-state index in [0.29, 0.717) is 24.1 Å². The Balaban J connectivity index is 1.71. The topological polar surface area (TPSA) is 74.2 Å². The summed E-state index contributed by atoms with van der Waals surface area (Å²) in [6.45, 7) is 3.35. The van der Waals surface area contributed by atoms with E-state index in [2.05, 4.69) is 15.1 Å². The van der Waals surface area contributed by atoms with Crippen LogP contribution < -0.4 is 0 Å². The summed E-state index contributed by atoms with van der Waals surface area (Å²) in [6, 6.07) is 5.62. The molecule has 1 aliphatic heterocycles. The lowest BCUT2D eigenvalue weighted by Crippen LogP contribution is -1.99. The van der Waals surface area contributed by atoms with Crippen LogP contribution in [-0.2, 0) is 4.74 Å². The van der Waals surface area contributed by atoms with Crippen LogP contribution in [0.3, 0.4) is 0 Å². The summed E-state index contributed by atoms with van der Waals surface area (Å²) in [5.74, 6) is 1.85. The molecule has 4 heterocycles. The molecule has 3 aromatic rings. The zero-order chi connectivity index (χ0) is 13.5. The first kappa shape index (κ1) is 11.6. The van der Waals surface area contributed by atoms with Gasteiger partial charge in [-0.3, -0.25) is 0 Å². The smallest absolute Gasteiger partial charge is 0.293 e. The first-order valence-electron chi connectivity index (χ1n) is 6.58. The van der Waals surface area contributed by atoms with Gasteiger partial charge in [0.05, 0.1) is 6.61 Å². The lowest BCUT2D eigenvalue weighted by atomic mass is 10.1. The van der Waals surface area contributed by atoms with Crippen molar-refractivity contribution in [2.45, 2.75) is 19.3 Å². The third kappa shape index (κ3) is 1.89. The van der Waals surface area contributed by atoms with E-state index in [4.69, 9.17) is 13.7 Å². The number of hydrogen-bond donors (Lipinski definition) is 0. The van der Waals surface area contributed by atoms with Crippen molar-refractivity contribution >= 4 is 11.1 Å². The molecular weight excluding hydrogens is 258 g/mol. The first-order valence-corrected chi connectivity index (χ1v) is 6.58. The van der Waals surface area contributed by atoms with Crippen molar-refractivity contribution in [3.63, 3.8) is 0 Å². The lowest BCUT2D eigenvalue weighted by Gasteiger charge is -1.97. The summed E-state index contributed by atoms with van der Waals surface area (Å²) in [5.41, 5.74) is 2.46. The van der Waals surface area contributed by atoms with Gasteiger partial charge >= 0.3 is 0 Å². The zero-order valence-electron chi connectivity index (χ0n) is 11.0. The monoisotopic (exact) mass is 271 g/mol. The molecule has 0 aliphatic carbocycles. The van der Waals surface area contributed by atoms with Gasteiger partial charge in [0.1, 0.15) is 5.52 Å². The number of pyridine rings is 1. The summed E-state index contributed by atoms with van der Waals surface area (Å²) in [6.07, 6.45) is 0.930. The van der Waals surface area contributed by atoms with Gasteiger partial charge in [-0.05, 0) is 25.5 Å². The van der Waals surface area contributed by atoms with E-state index in [0.717, 1.165) is 29.8 Å². The highest BCUT2D eigenvalue weighted by atomic mass is 16.5. The maximum absolute atomic E-state index is 5.70. The molecule has 102 valence electrons. The molecular formula is C14H13N3O3. The second-order valence-electron chi connectivity index (χ2n) is 4.96. The molecule has 0 radical (unpaired) electrons. The summed E-state index contributed by atoms with van der Waals surface area (Å²) < 4.78 is 16.3. The molecule has 0 spiro atoms. The molecule has 1 atom stereocenters. The Morgan fingerprint density at radius 2 is 2.20 bits per heavy atom. The highest BCUT2D eigenvalue weighted by Gasteiger charge is 2.24. The van der Waals surface area contributed by atoms with Crippen LogP contribution in [0.2, 0.25) is 0 Å². The molecule has 6 nitrogen and oxygen atoms in total. The molecule has 0 amide bonds. The highest BCUT2D eigenvalue weighted by molar-refractivity contribution is 5.77. The first-order chi connectivity index (χ1) is 9.79. The van der Waals surface area contributed by atoms with Crippen LogP contribution in [0.15, 0.2) is 27.1 Å². The average molecular weight is 271 g/mol. The Bertz CT molecular complexity index is 756. The van der Waals surface area contributed by atoms with Crippen molar-refractivity contribution in [1.29, 1.82) is 0 Å². The molecule has 0 saturated carbocycles. The van der Waals surface area contributed by atoms with Gasteiger partial charge in [0.2, 0.25) is 0 Å². The van der Waals surface area contributed by atoms with Crippen molar-refractivity contribution in [2.24, 2.45) is 0 Å². The number of furan rings is 1. The van der Waals surface area contributed by atoms with E-state index in [9.17, 15) is 0 Å². The fraction of sp³-hybridized carbons (Fsp3) is 0.357. The Hall–Kier alpha value is -2.21. The number of ether oxygens (including phenoxy) is 1. The molecule has 0 N–H and O–H groups in total. The third-order valence-corrected chi connectivity index (χ3v) is 3.46. The van der Waals surface area contributed by atoms with E-state index in [1.54, 1.807) is 0 Å². The van der Waals surface area contributed by atoms with Crippen molar-refractivity contribution in [3.05, 3.63) is 29.7 Å². The number of aryl methyl sites for hydroxylation is 1. The van der Waals surface area contributed by atoms with Crippen LogP contribution in [0, 0.1) is 6.92 Å². The summed E-state index contributed by atoms with van der Waals surface area (Å²) in [5, 5.41) is 4.02. The largest absolute Gasteiger partial charge is 0.449 e. The minimum atomic E-state index is 0.220. The fourth-order valence-electron chi connectivity index (χ4n) is 2.37. The summed E-state index contributed by atoms with van der Waals surface area (Å²) >= 11 is 0. The van der Waals surface area contributed by atoms with E-state index in [1.807, 2.05) is 25.1 Å². The van der Waals surface area contributed by atoms with Crippen molar-refractivity contribution in [2.75, 3.05) is 13.2 Å². The average Bonchev–Trinajstić information content (AvgIpc) is 3.17. The maximum atomic E-state index is 5.70. The van der Waals surface area contributed by atoms with Crippen LogP contribution in [-0.4, -0.2) is 28.3 Å². The summed E-state index contributed by atoms with van der Waals surface area (Å²) in [4.78, 5) is 8.80. The SMILES string of the molecule is Cc1ccc2oc(-c3nc([C@@H]4CCOC4)no3)cc2n1. The maximum Gasteiger partial charge on any atom is 0.293 e. The van der Waals surface area contributed by atoms with Crippen LogP contribution >= 0.6 is 0 Å². The quantitative estimate of drug-likeness (QED) is 0.713. The van der Waals surface area contributed by atoms with Crippen LogP contribution in [0.1, 0.15) is 23.9 Å². The van der Waals surface area contributed by atoms with Crippen LogP contribution in [0.25, 0.3) is 22.8 Å². The van der Waals surface area contributed by atoms with Crippen molar-refractivity contribution in [1.82, 2.24) is 15.1 Å². The van der Waals surface area contributed by atoms with Gasteiger partial charge in [0.25, 0.3) is 5.89 Å². The molecule has 1 aliphatic rings. The van der Waals surface area contributed by atoms with Gasteiger partial charge in [-0.25, -0.2) is 4.98 Å². The van der Waals surface area contributed by atoms with Gasteiger partial charge in [-0.2, -0.15) is 4.98 Å². The molecule has 4 rings (SSSR count). The van der Waals surface area contributed by atoms with E-state index in [1.165, 1.54) is 0 Å². The summed E-state index contributed by atoms with van der Waals surface area (Å²) in [7, 11) is 0. The Morgan fingerprint density at radius 1 is 1.25 bits per heavy atom. The minimum absolute atomic E-state index is 0.220. The Morgan fingerprint density at radius 3 is 3.05 bits per heavy atom. The number of aromatic nitrogens is 3. The van der Waals surface area contributed by atoms with E-state index >= 15 is 0 Å². The standard InChI is InChI=1S/C14H13N3O3/c1-8-2-3-11-10(15-8)6-12(19-11)14-16-13(17-20-14)9-4-5-18-7-9/h2-3,6,9H,4-5,7H2,1H3/t9-/m1/s1. The van der Waals surface area contributed by atoms with Gasteiger partial charge in [-0.15, -0.1) is 0 Å². The molecule has 6 heteroatoms. The third-order valence-electron chi connectivity index (χ3n) is 3.46. The van der Waals surface area contributed by atoms with E-state index < -0.39 is 0 Å². The number of rotatable bonds is 2. The molecule has 1 saturated heterocycles. The molecule has 3 aromatic heterocycles. The number of hydrogen-bond acceptors (Lipinski definition) is 6. The zero-order valence-corrected chi connectivity index (χ0v) is 11.0. The normalized spacial score (nSPS) is 18.9. The number of fused-ring (bicyclic) bond motifs is 1. The van der Waals surface area contributed by atoms with Gasteiger partial charge in [0, 0.05) is 24.3 Å². The van der Waals surface area contributed by atoms with Crippen molar-refractivity contribution < 1.29 is 13.7 Å². The second-order valence-corrected chi connectivity index (χ2v) is 4.96. The molecule has 20 heavy (non-hydrogen) atoms. The van der Waals surface area contributed by atoms with Crippen molar-refractivity contribution in [3.8, 4) is 11.7 Å². The fourth-order valence-corrected chi connectivity index (χ4v) is 2.37. The number of nitrogens with zero attached hydrogens (tertiary/aromatic N) is 3. The van der Waals surface area contributed by atoms with Crippen LogP contribution in [0.5, 0.6) is 0 Å². The molecule has 0 unspecified atom stereocenters. The van der Waals surface area contributed by atoms with Gasteiger partial charge in [-0.1, -0.05) is 5.16 Å². The lowest BCUT2D eigenvalue weighted by molar-refractivity contribution is 0.192. The highest BCUT2D eigenvalue weighted by Crippen LogP contribution is 2.28. The minimum Gasteiger partial charge on any atom is -0.449 e. The molecule has 1 fully saturated rings. The molecule has 0 aromatic carbocycles. The predicted octanol–water partition coefficient (Wildman–Crippen LogP) is 2.69. The van der Waals surface area contributed by atoms with E-state index in [-0.39, 0.29) is 5.92 Å². The molecule has 0 bridgehead atoms. The predicted molar refractivity (Wildman–Crippen MR) is 70.2 cm³/mol. The van der Waals surface area contributed by atoms with Gasteiger partial charge in [0.15, 0.2) is 17.2 Å². The Kier molecular flexibility index (Phi) is 2.56. The Labute approximate surface area is 114 Å². The second kappa shape index (κ2) is 4.42.